The van der Waals surface area contributed by atoms with Crippen LogP contribution < -0.4 is 5.32 Å². The number of nitrogens with one attached hydrogen (secondary N) is 1. The molecule has 2 heterocycles. The van der Waals surface area contributed by atoms with Crippen LogP contribution in [0, 0.1) is 5.92 Å². The lowest BCUT2D eigenvalue weighted by Crippen LogP contribution is -2.36. The largest absolute Gasteiger partial charge is 0.480 e. The fourth-order valence-electron chi connectivity index (χ4n) is 5.30. The number of pyridine rings is 1. The maximum Gasteiger partial charge on any atom is 0.373 e. The third-order valence-electron chi connectivity index (χ3n) is 6.95. The Morgan fingerprint density at radius 2 is 1.90 bits per heavy atom. The quantitative estimate of drug-likeness (QED) is 0.533. The first-order valence-electron chi connectivity index (χ1n) is 11.5. The molecule has 31 heavy (non-hydrogen) atoms. The van der Waals surface area contributed by atoms with Gasteiger partial charge in [-0.3, -0.25) is 0 Å². The van der Waals surface area contributed by atoms with Crippen molar-refractivity contribution >= 4 is 11.8 Å². The summed E-state index contributed by atoms with van der Waals surface area (Å²) >= 11 is 0. The molecule has 3 aliphatic rings. The number of carboxylic acids is 1. The molecular weight excluding hydrogens is 394 g/mol. The predicted molar refractivity (Wildman–Crippen MR) is 118 cm³/mol. The summed E-state index contributed by atoms with van der Waals surface area (Å²) in [6.07, 6.45) is 17.0. The zero-order valence-electron chi connectivity index (χ0n) is 18.1. The smallest absolute Gasteiger partial charge is 0.373 e. The summed E-state index contributed by atoms with van der Waals surface area (Å²) in [5.41, 5.74) is 1.10. The van der Waals surface area contributed by atoms with Gasteiger partial charge in [0.15, 0.2) is 0 Å². The average Bonchev–Trinajstić information content (AvgIpc) is 3.07. The minimum atomic E-state index is -1.20. The number of aliphatic carboxylic acids is 1. The lowest BCUT2D eigenvalue weighted by Gasteiger charge is -2.35. The van der Waals surface area contributed by atoms with Crippen LogP contribution in [0.25, 0.3) is 0 Å². The molecule has 4 rings (SSSR count). The fourth-order valence-corrected chi connectivity index (χ4v) is 5.30. The highest BCUT2D eigenvalue weighted by Crippen LogP contribution is 2.43. The van der Waals surface area contributed by atoms with E-state index in [1.807, 2.05) is 6.20 Å². The Morgan fingerprint density at radius 1 is 1.16 bits per heavy atom. The third kappa shape index (κ3) is 5.32. The molecular formula is C24H33N3O4. The molecule has 7 nitrogen and oxygen atoms in total. The van der Waals surface area contributed by atoms with Gasteiger partial charge in [-0.25, -0.2) is 9.78 Å². The fraction of sp³-hybridized carbons (Fsp3) is 0.583. The number of nitrogens with zero attached hydrogens (tertiary/aromatic N) is 2. The third-order valence-corrected chi connectivity index (χ3v) is 6.95. The van der Waals surface area contributed by atoms with E-state index in [2.05, 4.69) is 22.4 Å². The highest BCUT2D eigenvalue weighted by Gasteiger charge is 2.38. The molecule has 0 aromatic carbocycles. The normalized spacial score (nSPS) is 21.6. The van der Waals surface area contributed by atoms with Crippen LogP contribution in [0.5, 0.6) is 0 Å². The van der Waals surface area contributed by atoms with Crippen molar-refractivity contribution in [2.24, 2.45) is 5.92 Å². The van der Waals surface area contributed by atoms with Crippen LogP contribution in [-0.2, 0) is 14.9 Å². The van der Waals surface area contributed by atoms with Gasteiger partial charge in [0.1, 0.15) is 5.82 Å². The Hall–Kier alpha value is -2.70. The topological polar surface area (TPSA) is 94.9 Å². The number of aromatic nitrogens is 1. The molecule has 1 aromatic rings. The van der Waals surface area contributed by atoms with Gasteiger partial charge in [-0.05, 0) is 49.3 Å². The molecule has 0 unspecified atom stereocenters. The van der Waals surface area contributed by atoms with E-state index in [1.54, 1.807) is 4.90 Å². The van der Waals surface area contributed by atoms with Crippen LogP contribution in [0.1, 0.15) is 69.8 Å². The zero-order valence-corrected chi connectivity index (χ0v) is 18.1. The van der Waals surface area contributed by atoms with Gasteiger partial charge in [-0.2, -0.15) is 0 Å². The summed E-state index contributed by atoms with van der Waals surface area (Å²) in [6, 6.07) is 4.24. The molecule has 1 aromatic heterocycles. The van der Waals surface area contributed by atoms with Crippen molar-refractivity contribution in [2.45, 2.75) is 69.6 Å². The van der Waals surface area contributed by atoms with Crippen molar-refractivity contribution < 1.29 is 19.7 Å². The van der Waals surface area contributed by atoms with Crippen molar-refractivity contribution in [3.8, 4) is 0 Å². The molecule has 2 saturated carbocycles. The van der Waals surface area contributed by atoms with Gasteiger partial charge in [0.25, 0.3) is 5.95 Å². The van der Waals surface area contributed by atoms with Crippen molar-refractivity contribution in [2.75, 3.05) is 18.4 Å². The van der Waals surface area contributed by atoms with E-state index in [1.165, 1.54) is 56.5 Å². The number of aliphatic hydroxyl groups excluding tert-OH is 1. The van der Waals surface area contributed by atoms with E-state index >= 15 is 0 Å². The minimum Gasteiger partial charge on any atom is -0.480 e. The van der Waals surface area contributed by atoms with Gasteiger partial charge in [-0.15, -0.1) is 0 Å². The Labute approximate surface area is 183 Å². The Kier molecular flexibility index (Phi) is 6.68. The zero-order chi connectivity index (χ0) is 21.7. The standard InChI is InChI=1S/C24H33N3O4/c28-22-16-27(15-20(31-22)23(29)30)17-24(10-5-6-11-24)19-9-12-25-21(13-19)26-14-18-7-3-1-2-4-8-18/h9,12-13,15-16,18,28H,1-8,10-11,14,17H2,(H,25,26)(H,29,30). The number of ether oxygens (including phenoxy) is 1. The van der Waals surface area contributed by atoms with Crippen LogP contribution in [-0.4, -0.2) is 39.2 Å². The number of rotatable bonds is 7. The molecule has 0 bridgehead atoms. The summed E-state index contributed by atoms with van der Waals surface area (Å²) in [7, 11) is 0. The number of anilines is 1. The minimum absolute atomic E-state index is 0.115. The summed E-state index contributed by atoms with van der Waals surface area (Å²) in [4.78, 5) is 17.6. The molecule has 168 valence electrons. The van der Waals surface area contributed by atoms with Gasteiger partial charge >= 0.3 is 5.97 Å². The highest BCUT2D eigenvalue weighted by molar-refractivity contribution is 5.84. The molecule has 0 spiro atoms. The van der Waals surface area contributed by atoms with Gasteiger partial charge < -0.3 is 25.2 Å². The molecule has 2 aliphatic carbocycles. The summed E-state index contributed by atoms with van der Waals surface area (Å²) in [5.74, 6) is -0.231. The SMILES string of the molecule is O=C(O)C1=CN(CC2(c3ccnc(NCC4CCCCCC4)c3)CCCC2)C=C(O)O1. The molecule has 2 fully saturated rings. The lowest BCUT2D eigenvalue weighted by atomic mass is 9.78. The van der Waals surface area contributed by atoms with E-state index in [0.29, 0.717) is 6.54 Å². The van der Waals surface area contributed by atoms with Gasteiger partial charge in [0.2, 0.25) is 5.76 Å². The van der Waals surface area contributed by atoms with Crippen LogP contribution in [0.15, 0.2) is 42.4 Å². The van der Waals surface area contributed by atoms with Crippen LogP contribution in [0.3, 0.4) is 0 Å². The summed E-state index contributed by atoms with van der Waals surface area (Å²) < 4.78 is 4.92. The summed E-state index contributed by atoms with van der Waals surface area (Å²) in [5, 5.41) is 22.7. The van der Waals surface area contributed by atoms with Gasteiger partial charge in [0.05, 0.1) is 12.4 Å². The van der Waals surface area contributed by atoms with Crippen LogP contribution in [0.4, 0.5) is 5.82 Å². The molecule has 0 saturated heterocycles. The lowest BCUT2D eigenvalue weighted by molar-refractivity contribution is -0.137. The number of hydrogen-bond donors (Lipinski definition) is 3. The second-order valence-electron chi connectivity index (χ2n) is 9.20. The second-order valence-corrected chi connectivity index (χ2v) is 9.20. The van der Waals surface area contributed by atoms with E-state index < -0.39 is 11.9 Å². The van der Waals surface area contributed by atoms with Crippen molar-refractivity contribution in [1.29, 1.82) is 0 Å². The van der Waals surface area contributed by atoms with Gasteiger partial charge in [-0.1, -0.05) is 38.5 Å². The first-order valence-corrected chi connectivity index (χ1v) is 11.5. The average molecular weight is 428 g/mol. The van der Waals surface area contributed by atoms with E-state index in [9.17, 15) is 15.0 Å². The highest BCUT2D eigenvalue weighted by atomic mass is 16.6. The van der Waals surface area contributed by atoms with Crippen LogP contribution >= 0.6 is 0 Å². The Bertz CT molecular complexity index is 837. The van der Waals surface area contributed by atoms with Crippen molar-refractivity contribution in [3.05, 3.63) is 48.0 Å². The number of carbonyl (C=O) groups is 1. The maximum atomic E-state index is 11.3. The monoisotopic (exact) mass is 427 g/mol. The van der Waals surface area contributed by atoms with Crippen molar-refractivity contribution in [3.63, 3.8) is 0 Å². The number of carboxylic acid groups (broad SMARTS) is 1. The Morgan fingerprint density at radius 3 is 2.61 bits per heavy atom. The van der Waals surface area contributed by atoms with E-state index in [0.717, 1.165) is 44.0 Å². The first-order chi connectivity index (χ1) is 15.0. The summed E-state index contributed by atoms with van der Waals surface area (Å²) in [6.45, 7) is 1.55. The van der Waals surface area contributed by atoms with Crippen molar-refractivity contribution in [1.82, 2.24) is 9.88 Å². The van der Waals surface area contributed by atoms with E-state index in [-0.39, 0.29) is 11.2 Å². The molecule has 0 radical (unpaired) electrons. The predicted octanol–water partition coefficient (Wildman–Crippen LogP) is 4.89. The maximum absolute atomic E-state index is 11.3. The molecule has 0 amide bonds. The molecule has 1 aliphatic heterocycles. The van der Waals surface area contributed by atoms with Crippen LogP contribution in [0.2, 0.25) is 0 Å². The second kappa shape index (κ2) is 9.62. The molecule has 7 heteroatoms. The first kappa shape index (κ1) is 21.5. The molecule has 0 atom stereocenters. The number of hydrogen-bond acceptors (Lipinski definition) is 6. The molecule has 3 N–H and O–H groups in total. The number of aliphatic hydroxyl groups is 1. The Balaban J connectivity index is 1.49. The van der Waals surface area contributed by atoms with Gasteiger partial charge in [0, 0.05) is 24.7 Å². The van der Waals surface area contributed by atoms with E-state index in [4.69, 9.17) is 4.74 Å².